The molecule has 0 amide bonds. The molecule has 0 saturated heterocycles. The van der Waals surface area contributed by atoms with Gasteiger partial charge in [-0.05, 0) is 25.5 Å². The average molecular weight is 258 g/mol. The fraction of sp³-hybridized carbons (Fsp3) is 0.538. The minimum atomic E-state index is -4.19. The fourth-order valence-corrected chi connectivity index (χ4v) is 2.28. The molecule has 0 saturated carbocycles. The Morgan fingerprint density at radius 2 is 1.94 bits per heavy atom. The maximum Gasteiger partial charge on any atom is 0.405 e. The van der Waals surface area contributed by atoms with E-state index in [1.807, 2.05) is 26.0 Å². The monoisotopic (exact) mass is 258 g/mol. The molecule has 0 aromatic heterocycles. The maximum absolute atomic E-state index is 12.7. The molecule has 5 heteroatoms. The van der Waals surface area contributed by atoms with Crippen LogP contribution in [0.5, 0.6) is 0 Å². The first-order chi connectivity index (χ1) is 8.27. The number of alkyl halides is 3. The van der Waals surface area contributed by atoms with E-state index in [9.17, 15) is 13.2 Å². The van der Waals surface area contributed by atoms with Crippen LogP contribution in [-0.2, 0) is 6.54 Å². The number of halogens is 3. The predicted octanol–water partition coefficient (Wildman–Crippen LogP) is 2.94. The molecule has 1 aliphatic rings. The van der Waals surface area contributed by atoms with E-state index in [1.165, 1.54) is 4.90 Å². The van der Waals surface area contributed by atoms with Gasteiger partial charge in [-0.1, -0.05) is 18.2 Å². The van der Waals surface area contributed by atoms with Crippen molar-refractivity contribution in [1.29, 1.82) is 0 Å². The van der Waals surface area contributed by atoms with E-state index in [2.05, 4.69) is 5.32 Å². The number of rotatable bonds is 1. The molecule has 0 fully saturated rings. The topological polar surface area (TPSA) is 15.3 Å². The van der Waals surface area contributed by atoms with E-state index in [0.29, 0.717) is 18.8 Å². The van der Waals surface area contributed by atoms with E-state index in [0.717, 1.165) is 5.56 Å². The first-order valence-electron chi connectivity index (χ1n) is 5.91. The Balaban J connectivity index is 2.34. The smallest absolute Gasteiger partial charge is 0.360 e. The van der Waals surface area contributed by atoms with Crippen LogP contribution in [0.15, 0.2) is 24.3 Å². The Kier molecular flexibility index (Phi) is 3.27. The van der Waals surface area contributed by atoms with Crippen molar-refractivity contribution >= 4 is 5.69 Å². The third kappa shape index (κ3) is 3.16. The van der Waals surface area contributed by atoms with Crippen LogP contribution in [0.1, 0.15) is 19.4 Å². The number of para-hydroxylation sites is 1. The van der Waals surface area contributed by atoms with Gasteiger partial charge >= 0.3 is 6.18 Å². The van der Waals surface area contributed by atoms with Crippen LogP contribution in [0.2, 0.25) is 0 Å². The van der Waals surface area contributed by atoms with Crippen molar-refractivity contribution in [1.82, 2.24) is 5.32 Å². The molecular formula is C13H17F3N2. The summed E-state index contributed by atoms with van der Waals surface area (Å²) >= 11 is 0. The first kappa shape index (κ1) is 13.2. The van der Waals surface area contributed by atoms with Crippen LogP contribution in [0.3, 0.4) is 0 Å². The SMILES string of the molecule is CC1(C)CN(CC(F)(F)F)c2ccccc2CN1. The average Bonchev–Trinajstić information content (AvgIpc) is 2.35. The van der Waals surface area contributed by atoms with Crippen molar-refractivity contribution in [3.8, 4) is 0 Å². The van der Waals surface area contributed by atoms with Crippen LogP contribution in [0.4, 0.5) is 18.9 Å². The summed E-state index contributed by atoms with van der Waals surface area (Å²) < 4.78 is 38.0. The lowest BCUT2D eigenvalue weighted by Crippen LogP contribution is -2.48. The van der Waals surface area contributed by atoms with Gasteiger partial charge in [-0.3, -0.25) is 0 Å². The van der Waals surface area contributed by atoms with Crippen LogP contribution in [0, 0.1) is 0 Å². The predicted molar refractivity (Wildman–Crippen MR) is 65.6 cm³/mol. The van der Waals surface area contributed by atoms with Crippen molar-refractivity contribution in [2.24, 2.45) is 0 Å². The molecular weight excluding hydrogens is 241 g/mol. The summed E-state index contributed by atoms with van der Waals surface area (Å²) in [5.74, 6) is 0. The van der Waals surface area contributed by atoms with Gasteiger partial charge in [0.2, 0.25) is 0 Å². The molecule has 0 unspecified atom stereocenters. The van der Waals surface area contributed by atoms with Gasteiger partial charge in [-0.2, -0.15) is 13.2 Å². The Morgan fingerprint density at radius 3 is 2.61 bits per heavy atom. The van der Waals surface area contributed by atoms with E-state index in [4.69, 9.17) is 0 Å². The second-order valence-corrected chi connectivity index (χ2v) is 5.34. The van der Waals surface area contributed by atoms with E-state index < -0.39 is 12.7 Å². The summed E-state index contributed by atoms with van der Waals surface area (Å²) in [5.41, 5.74) is 1.24. The summed E-state index contributed by atoms with van der Waals surface area (Å²) in [6.07, 6.45) is -4.19. The lowest BCUT2D eigenvalue weighted by Gasteiger charge is -2.32. The maximum atomic E-state index is 12.7. The van der Waals surface area contributed by atoms with Gasteiger partial charge < -0.3 is 10.2 Å². The Labute approximate surface area is 105 Å². The highest BCUT2D eigenvalue weighted by Gasteiger charge is 2.35. The van der Waals surface area contributed by atoms with Gasteiger partial charge in [-0.15, -0.1) is 0 Å². The lowest BCUT2D eigenvalue weighted by molar-refractivity contribution is -0.120. The molecule has 0 spiro atoms. The third-order valence-corrected chi connectivity index (χ3v) is 3.05. The molecule has 1 aromatic rings. The zero-order valence-electron chi connectivity index (χ0n) is 10.5. The van der Waals surface area contributed by atoms with Gasteiger partial charge in [0.25, 0.3) is 0 Å². The Hall–Kier alpha value is -1.23. The minimum Gasteiger partial charge on any atom is -0.360 e. The van der Waals surface area contributed by atoms with Crippen LogP contribution >= 0.6 is 0 Å². The molecule has 1 N–H and O–H groups in total. The summed E-state index contributed by atoms with van der Waals surface area (Å²) in [4.78, 5) is 1.41. The zero-order valence-corrected chi connectivity index (χ0v) is 10.5. The molecule has 18 heavy (non-hydrogen) atoms. The van der Waals surface area contributed by atoms with Crippen molar-refractivity contribution in [3.63, 3.8) is 0 Å². The van der Waals surface area contributed by atoms with Gasteiger partial charge in [0, 0.05) is 24.3 Å². The second kappa shape index (κ2) is 4.46. The van der Waals surface area contributed by atoms with Crippen molar-refractivity contribution < 1.29 is 13.2 Å². The van der Waals surface area contributed by atoms with Gasteiger partial charge in [-0.25, -0.2) is 0 Å². The third-order valence-electron chi connectivity index (χ3n) is 3.05. The highest BCUT2D eigenvalue weighted by atomic mass is 19.4. The largest absolute Gasteiger partial charge is 0.405 e. The first-order valence-corrected chi connectivity index (χ1v) is 5.91. The molecule has 1 heterocycles. The number of hydrogen-bond donors (Lipinski definition) is 1. The van der Waals surface area contributed by atoms with Gasteiger partial charge in [0.05, 0.1) is 0 Å². The molecule has 2 nitrogen and oxygen atoms in total. The fourth-order valence-electron chi connectivity index (χ4n) is 2.28. The van der Waals surface area contributed by atoms with E-state index >= 15 is 0 Å². The van der Waals surface area contributed by atoms with Gasteiger partial charge in [0.15, 0.2) is 0 Å². The number of fused-ring (bicyclic) bond motifs is 1. The van der Waals surface area contributed by atoms with E-state index in [-0.39, 0.29) is 5.54 Å². The highest BCUT2D eigenvalue weighted by molar-refractivity contribution is 5.55. The zero-order chi connectivity index (χ0) is 13.4. The van der Waals surface area contributed by atoms with Crippen LogP contribution in [-0.4, -0.2) is 24.8 Å². The standard InChI is InChI=1S/C13H17F3N2/c1-12(2)8-18(9-13(14,15)16)11-6-4-3-5-10(11)7-17-12/h3-6,17H,7-9H2,1-2H3. The minimum absolute atomic E-state index is 0.337. The molecule has 0 radical (unpaired) electrons. The molecule has 1 aromatic carbocycles. The lowest BCUT2D eigenvalue weighted by atomic mass is 10.1. The van der Waals surface area contributed by atoms with Crippen LogP contribution in [0.25, 0.3) is 0 Å². The second-order valence-electron chi connectivity index (χ2n) is 5.34. The summed E-state index contributed by atoms with van der Waals surface area (Å²) in [7, 11) is 0. The van der Waals surface area contributed by atoms with Crippen molar-refractivity contribution in [2.75, 3.05) is 18.0 Å². The van der Waals surface area contributed by atoms with Crippen molar-refractivity contribution in [3.05, 3.63) is 29.8 Å². The van der Waals surface area contributed by atoms with Crippen LogP contribution < -0.4 is 10.2 Å². The molecule has 1 aliphatic heterocycles. The number of hydrogen-bond acceptors (Lipinski definition) is 2. The quantitative estimate of drug-likeness (QED) is 0.833. The number of anilines is 1. The normalized spacial score (nSPS) is 19.3. The van der Waals surface area contributed by atoms with Crippen molar-refractivity contribution in [2.45, 2.75) is 32.1 Å². The number of nitrogens with one attached hydrogen (secondary N) is 1. The summed E-state index contributed by atoms with van der Waals surface area (Å²) in [6.45, 7) is 3.86. The summed E-state index contributed by atoms with van der Waals surface area (Å²) in [6, 6.07) is 7.25. The summed E-state index contributed by atoms with van der Waals surface area (Å²) in [5, 5.41) is 3.28. The highest BCUT2D eigenvalue weighted by Crippen LogP contribution is 2.29. The number of nitrogens with zero attached hydrogens (tertiary/aromatic N) is 1. The molecule has 2 rings (SSSR count). The molecule has 0 bridgehead atoms. The van der Waals surface area contributed by atoms with E-state index in [1.54, 1.807) is 12.1 Å². The Bertz CT molecular complexity index is 426. The van der Waals surface area contributed by atoms with Gasteiger partial charge in [0.1, 0.15) is 6.54 Å². The Morgan fingerprint density at radius 1 is 1.28 bits per heavy atom. The molecule has 100 valence electrons. The number of benzene rings is 1. The molecule has 0 aliphatic carbocycles. The molecule has 0 atom stereocenters.